The highest BCUT2D eigenvalue weighted by Gasteiger charge is 2.50. The van der Waals surface area contributed by atoms with Crippen molar-refractivity contribution in [3.05, 3.63) is 47.1 Å². The van der Waals surface area contributed by atoms with Crippen LogP contribution in [0.1, 0.15) is 30.4 Å². The van der Waals surface area contributed by atoms with Crippen molar-refractivity contribution in [1.29, 1.82) is 0 Å². The zero-order valence-corrected chi connectivity index (χ0v) is 13.4. The second kappa shape index (κ2) is 4.88. The molecule has 0 amide bonds. The van der Waals surface area contributed by atoms with Crippen LogP contribution < -0.4 is 9.47 Å². The van der Waals surface area contributed by atoms with Crippen LogP contribution in [0.5, 0.6) is 11.5 Å². The van der Waals surface area contributed by atoms with Gasteiger partial charge in [-0.1, -0.05) is 18.2 Å². The van der Waals surface area contributed by atoms with E-state index in [1.807, 2.05) is 0 Å². The normalized spacial score (nSPS) is 26.8. The van der Waals surface area contributed by atoms with Gasteiger partial charge >= 0.3 is 0 Å². The fourth-order valence-corrected chi connectivity index (χ4v) is 4.58. The molecule has 4 rings (SSSR count). The van der Waals surface area contributed by atoms with Crippen molar-refractivity contribution < 1.29 is 9.47 Å². The minimum atomic E-state index is 0.0777. The SMILES string of the molecule is C=C1C=C2CCN3CCc4cc(OC)c(OC)cc4[C@]23CC1. The first-order chi connectivity index (χ1) is 10.7. The first-order valence-corrected chi connectivity index (χ1v) is 8.08. The van der Waals surface area contributed by atoms with Crippen molar-refractivity contribution in [3.8, 4) is 11.5 Å². The Hall–Kier alpha value is -1.74. The van der Waals surface area contributed by atoms with Crippen molar-refractivity contribution in [1.82, 2.24) is 4.90 Å². The summed E-state index contributed by atoms with van der Waals surface area (Å²) in [7, 11) is 3.43. The summed E-state index contributed by atoms with van der Waals surface area (Å²) in [5.74, 6) is 1.68. The molecule has 2 heterocycles. The van der Waals surface area contributed by atoms with E-state index in [1.54, 1.807) is 14.2 Å². The van der Waals surface area contributed by atoms with Crippen LogP contribution in [-0.2, 0) is 12.0 Å². The zero-order chi connectivity index (χ0) is 15.3. The molecule has 3 aliphatic rings. The molecule has 3 nitrogen and oxygen atoms in total. The Morgan fingerprint density at radius 2 is 1.77 bits per heavy atom. The smallest absolute Gasteiger partial charge is 0.161 e. The maximum absolute atomic E-state index is 5.57. The lowest BCUT2D eigenvalue weighted by Gasteiger charge is -2.47. The molecule has 1 fully saturated rings. The molecule has 0 aromatic heterocycles. The van der Waals surface area contributed by atoms with Crippen LogP contribution in [0.15, 0.2) is 35.9 Å². The molecule has 0 N–H and O–H groups in total. The van der Waals surface area contributed by atoms with E-state index < -0.39 is 0 Å². The Morgan fingerprint density at radius 3 is 2.55 bits per heavy atom. The summed E-state index contributed by atoms with van der Waals surface area (Å²) in [5.41, 5.74) is 5.72. The fourth-order valence-electron chi connectivity index (χ4n) is 4.58. The van der Waals surface area contributed by atoms with Crippen LogP contribution in [0.2, 0.25) is 0 Å². The summed E-state index contributed by atoms with van der Waals surface area (Å²) >= 11 is 0. The van der Waals surface area contributed by atoms with Gasteiger partial charge in [0.15, 0.2) is 11.5 Å². The number of allylic oxidation sites excluding steroid dienone is 2. The van der Waals surface area contributed by atoms with E-state index in [9.17, 15) is 0 Å². The van der Waals surface area contributed by atoms with Gasteiger partial charge in [0.05, 0.1) is 19.8 Å². The third kappa shape index (κ3) is 1.72. The van der Waals surface area contributed by atoms with Crippen LogP contribution in [-0.4, -0.2) is 32.2 Å². The van der Waals surface area contributed by atoms with Gasteiger partial charge in [-0.2, -0.15) is 0 Å². The number of benzene rings is 1. The number of hydrogen-bond acceptors (Lipinski definition) is 3. The topological polar surface area (TPSA) is 21.7 Å². The molecule has 0 saturated carbocycles. The third-order valence-corrected chi connectivity index (χ3v) is 5.61. The van der Waals surface area contributed by atoms with Gasteiger partial charge in [-0.05, 0) is 54.5 Å². The van der Waals surface area contributed by atoms with E-state index in [0.29, 0.717) is 0 Å². The van der Waals surface area contributed by atoms with E-state index in [0.717, 1.165) is 50.3 Å². The minimum absolute atomic E-state index is 0.0777. The lowest BCUT2D eigenvalue weighted by Crippen LogP contribution is -2.48. The molecule has 0 radical (unpaired) electrons. The average Bonchev–Trinajstić information content (AvgIpc) is 2.92. The molecule has 3 heteroatoms. The molecule has 0 bridgehead atoms. The lowest BCUT2D eigenvalue weighted by atomic mass is 9.71. The van der Waals surface area contributed by atoms with Gasteiger partial charge in [0.2, 0.25) is 0 Å². The first-order valence-electron chi connectivity index (χ1n) is 8.08. The van der Waals surface area contributed by atoms with Crippen molar-refractivity contribution in [2.75, 3.05) is 27.3 Å². The first kappa shape index (κ1) is 13.9. The van der Waals surface area contributed by atoms with Gasteiger partial charge in [0.1, 0.15) is 0 Å². The van der Waals surface area contributed by atoms with Gasteiger partial charge in [-0.15, -0.1) is 0 Å². The Kier molecular flexibility index (Phi) is 3.08. The molecule has 1 atom stereocenters. The van der Waals surface area contributed by atoms with Gasteiger partial charge in [-0.3, -0.25) is 4.90 Å². The van der Waals surface area contributed by atoms with Crippen LogP contribution >= 0.6 is 0 Å². The van der Waals surface area contributed by atoms with Gasteiger partial charge in [0.25, 0.3) is 0 Å². The summed E-state index contributed by atoms with van der Waals surface area (Å²) in [6, 6.07) is 4.40. The minimum Gasteiger partial charge on any atom is -0.493 e. The Bertz CT molecular complexity index is 676. The van der Waals surface area contributed by atoms with E-state index in [-0.39, 0.29) is 5.54 Å². The maximum Gasteiger partial charge on any atom is 0.161 e. The standard InChI is InChI=1S/C19H23NO2/c1-13-4-7-19-15(10-13)6-9-20(19)8-5-14-11-17(21-2)18(22-3)12-16(14)19/h10-12H,1,4-9H2,2-3H3/t19-/m0/s1. The quantitative estimate of drug-likeness (QED) is 0.834. The van der Waals surface area contributed by atoms with Crippen molar-refractivity contribution in [3.63, 3.8) is 0 Å². The van der Waals surface area contributed by atoms with E-state index in [2.05, 4.69) is 29.7 Å². The summed E-state index contributed by atoms with van der Waals surface area (Å²) in [5, 5.41) is 0. The molecule has 1 aromatic rings. The molecule has 0 unspecified atom stereocenters. The monoisotopic (exact) mass is 297 g/mol. The second-order valence-electron chi connectivity index (χ2n) is 6.54. The highest BCUT2D eigenvalue weighted by atomic mass is 16.5. The number of rotatable bonds is 2. The lowest BCUT2D eigenvalue weighted by molar-refractivity contribution is 0.136. The highest BCUT2D eigenvalue weighted by molar-refractivity contribution is 5.56. The number of hydrogen-bond donors (Lipinski definition) is 0. The summed E-state index contributed by atoms with van der Waals surface area (Å²) in [4.78, 5) is 2.67. The van der Waals surface area contributed by atoms with E-state index in [1.165, 1.54) is 22.3 Å². The summed E-state index contributed by atoms with van der Waals surface area (Å²) in [6.45, 7) is 6.48. The number of fused-ring (bicyclic) bond motifs is 1. The Balaban J connectivity index is 1.94. The third-order valence-electron chi connectivity index (χ3n) is 5.61. The predicted molar refractivity (Wildman–Crippen MR) is 87.6 cm³/mol. The highest BCUT2D eigenvalue weighted by Crippen LogP contribution is 2.54. The molecule has 116 valence electrons. The molecular formula is C19H23NO2. The average molecular weight is 297 g/mol. The predicted octanol–water partition coefficient (Wildman–Crippen LogP) is 3.44. The number of ether oxygens (including phenoxy) is 2. The number of methoxy groups -OCH3 is 2. The molecule has 22 heavy (non-hydrogen) atoms. The van der Waals surface area contributed by atoms with Gasteiger partial charge in [0, 0.05) is 13.1 Å². The Labute approximate surface area is 132 Å². The molecule has 1 spiro atoms. The van der Waals surface area contributed by atoms with Crippen LogP contribution in [0.3, 0.4) is 0 Å². The van der Waals surface area contributed by atoms with Gasteiger partial charge in [-0.25, -0.2) is 0 Å². The van der Waals surface area contributed by atoms with Crippen molar-refractivity contribution in [2.45, 2.75) is 31.2 Å². The van der Waals surface area contributed by atoms with Crippen LogP contribution in [0.4, 0.5) is 0 Å². The zero-order valence-electron chi connectivity index (χ0n) is 13.4. The van der Waals surface area contributed by atoms with Gasteiger partial charge < -0.3 is 9.47 Å². The largest absolute Gasteiger partial charge is 0.493 e. The number of nitrogens with zero attached hydrogens (tertiary/aromatic N) is 1. The van der Waals surface area contributed by atoms with E-state index >= 15 is 0 Å². The van der Waals surface area contributed by atoms with Crippen molar-refractivity contribution >= 4 is 0 Å². The molecule has 1 aliphatic carbocycles. The molecule has 2 aliphatic heterocycles. The Morgan fingerprint density at radius 1 is 1.05 bits per heavy atom. The summed E-state index contributed by atoms with van der Waals surface area (Å²) < 4.78 is 11.1. The molecule has 1 aromatic carbocycles. The molecular weight excluding hydrogens is 274 g/mol. The summed E-state index contributed by atoms with van der Waals surface area (Å²) in [6.07, 6.45) is 6.81. The molecule has 1 saturated heterocycles. The second-order valence-corrected chi connectivity index (χ2v) is 6.54. The van der Waals surface area contributed by atoms with Crippen LogP contribution in [0, 0.1) is 0 Å². The van der Waals surface area contributed by atoms with Crippen LogP contribution in [0.25, 0.3) is 0 Å². The maximum atomic E-state index is 5.57. The fraction of sp³-hybridized carbons (Fsp3) is 0.474. The van der Waals surface area contributed by atoms with E-state index in [4.69, 9.17) is 9.47 Å². The van der Waals surface area contributed by atoms with Crippen molar-refractivity contribution in [2.24, 2.45) is 0 Å².